The van der Waals surface area contributed by atoms with E-state index in [1.54, 1.807) is 12.7 Å². The minimum Gasteiger partial charge on any atom is -0.460 e. The van der Waals surface area contributed by atoms with Gasteiger partial charge in [0.05, 0.1) is 0 Å². The van der Waals surface area contributed by atoms with Crippen molar-refractivity contribution < 1.29 is 14.3 Å². The fraction of sp³-hybridized carbons (Fsp3) is 0.897. The molecule has 4 aliphatic rings. The van der Waals surface area contributed by atoms with Crippen molar-refractivity contribution in [2.45, 2.75) is 105 Å². The molecule has 3 fully saturated rings. The summed E-state index contributed by atoms with van der Waals surface area (Å²) >= 11 is 0. The summed E-state index contributed by atoms with van der Waals surface area (Å²) in [5.41, 5.74) is 2.45. The van der Waals surface area contributed by atoms with Crippen LogP contribution in [-0.4, -0.2) is 25.8 Å². The van der Waals surface area contributed by atoms with Crippen LogP contribution < -0.4 is 0 Å². The smallest absolute Gasteiger partial charge is 0.332 e. The van der Waals surface area contributed by atoms with E-state index in [1.165, 1.54) is 51.4 Å². The van der Waals surface area contributed by atoms with E-state index in [1.807, 2.05) is 0 Å². The van der Waals surface area contributed by atoms with Gasteiger partial charge in [-0.25, -0.2) is 4.79 Å². The average molecular weight is 445 g/mol. The van der Waals surface area contributed by atoms with E-state index in [0.717, 1.165) is 48.3 Å². The van der Waals surface area contributed by atoms with Gasteiger partial charge in [0, 0.05) is 13.5 Å². The molecule has 3 nitrogen and oxygen atoms in total. The van der Waals surface area contributed by atoms with Crippen molar-refractivity contribution in [2.24, 2.45) is 46.3 Å². The molecule has 3 saturated carbocycles. The zero-order valence-corrected chi connectivity index (χ0v) is 21.6. The summed E-state index contributed by atoms with van der Waals surface area (Å²) in [4.78, 5) is 11.9. The predicted molar refractivity (Wildman–Crippen MR) is 130 cm³/mol. The average Bonchev–Trinajstić information content (AvgIpc) is 3.09. The van der Waals surface area contributed by atoms with Gasteiger partial charge in [-0.15, -0.1) is 0 Å². The number of hydrogen-bond acceptors (Lipinski definition) is 3. The molecule has 0 spiro atoms. The molecule has 8 atom stereocenters. The van der Waals surface area contributed by atoms with E-state index in [2.05, 4.69) is 40.7 Å². The number of carbonyl (C=O) groups is 1. The molecule has 0 aliphatic heterocycles. The van der Waals surface area contributed by atoms with Crippen LogP contribution in [0, 0.1) is 46.3 Å². The van der Waals surface area contributed by atoms with E-state index in [9.17, 15) is 4.79 Å². The molecule has 0 aromatic heterocycles. The second-order valence-corrected chi connectivity index (χ2v) is 12.7. The lowest BCUT2D eigenvalue weighted by molar-refractivity contribution is -0.155. The molecule has 0 heterocycles. The van der Waals surface area contributed by atoms with Gasteiger partial charge >= 0.3 is 5.97 Å². The standard InChI is InChI=1S/C29H48O3/c1-19(2)7-8-20(3)24-11-12-25-23-10-9-21-17-22(32-27(30)18-31-6)13-15-28(21,4)26(23)14-16-29(24,25)5/h9,19-20,22-26H,7-8,10-18H2,1-6H3/t20-,22+,23+,24-,25+,26+,28+,29-/m1/s1. The Labute approximate surface area is 197 Å². The van der Waals surface area contributed by atoms with E-state index < -0.39 is 0 Å². The maximum Gasteiger partial charge on any atom is 0.332 e. The molecule has 4 aliphatic carbocycles. The zero-order chi connectivity index (χ0) is 23.1. The van der Waals surface area contributed by atoms with E-state index >= 15 is 0 Å². The van der Waals surface area contributed by atoms with Crippen LogP contribution in [-0.2, 0) is 14.3 Å². The normalized spacial score (nSPS) is 42.0. The van der Waals surface area contributed by atoms with Crippen LogP contribution in [0.25, 0.3) is 0 Å². The van der Waals surface area contributed by atoms with Crippen LogP contribution in [0.3, 0.4) is 0 Å². The number of rotatable bonds is 7. The molecular weight excluding hydrogens is 396 g/mol. The lowest BCUT2D eigenvalue weighted by atomic mass is 9.47. The Hall–Kier alpha value is -0.830. The van der Waals surface area contributed by atoms with Crippen molar-refractivity contribution in [3.8, 4) is 0 Å². The number of carbonyl (C=O) groups excluding carboxylic acids is 1. The fourth-order valence-corrected chi connectivity index (χ4v) is 8.84. The summed E-state index contributed by atoms with van der Waals surface area (Å²) in [5.74, 6) is 4.97. The van der Waals surface area contributed by atoms with Crippen molar-refractivity contribution in [2.75, 3.05) is 13.7 Å². The third-order valence-corrected chi connectivity index (χ3v) is 10.6. The Morgan fingerprint density at radius 1 is 1.06 bits per heavy atom. The highest BCUT2D eigenvalue weighted by Crippen LogP contribution is 2.67. The molecule has 0 radical (unpaired) electrons. The minimum atomic E-state index is -0.215. The SMILES string of the molecule is COCC(=O)O[C@H]1CC[C@@]2(C)C(=CC[C@H]3[C@@H]4CC[C@H]([C@H](C)CCC(C)C)[C@@]4(C)CC[C@@H]32)C1. The van der Waals surface area contributed by atoms with Crippen LogP contribution in [0.4, 0.5) is 0 Å². The fourth-order valence-electron chi connectivity index (χ4n) is 8.84. The maximum absolute atomic E-state index is 11.9. The van der Waals surface area contributed by atoms with Crippen molar-refractivity contribution >= 4 is 5.97 Å². The Kier molecular flexibility index (Phi) is 7.16. The van der Waals surface area contributed by atoms with Crippen LogP contribution >= 0.6 is 0 Å². The summed E-state index contributed by atoms with van der Waals surface area (Å²) in [5, 5.41) is 0. The number of methoxy groups -OCH3 is 1. The summed E-state index contributed by atoms with van der Waals surface area (Å²) in [6, 6.07) is 0. The van der Waals surface area contributed by atoms with Gasteiger partial charge in [-0.05, 0) is 91.3 Å². The van der Waals surface area contributed by atoms with Gasteiger partial charge < -0.3 is 9.47 Å². The number of ether oxygens (including phenoxy) is 2. The van der Waals surface area contributed by atoms with E-state index in [4.69, 9.17) is 9.47 Å². The second kappa shape index (κ2) is 9.43. The molecule has 0 unspecified atom stereocenters. The zero-order valence-electron chi connectivity index (χ0n) is 21.6. The van der Waals surface area contributed by atoms with Gasteiger partial charge in [0.1, 0.15) is 12.7 Å². The van der Waals surface area contributed by atoms with Gasteiger partial charge in [0.2, 0.25) is 0 Å². The Balaban J connectivity index is 1.46. The quantitative estimate of drug-likeness (QED) is 0.308. The highest BCUT2D eigenvalue weighted by atomic mass is 16.6. The molecular formula is C29H48O3. The third kappa shape index (κ3) is 4.32. The van der Waals surface area contributed by atoms with Crippen LogP contribution in [0.15, 0.2) is 11.6 Å². The van der Waals surface area contributed by atoms with Gasteiger partial charge in [-0.3, -0.25) is 0 Å². The molecule has 0 N–H and O–H groups in total. The van der Waals surface area contributed by atoms with Gasteiger partial charge in [-0.2, -0.15) is 0 Å². The topological polar surface area (TPSA) is 35.5 Å². The molecule has 0 aromatic carbocycles. The third-order valence-electron chi connectivity index (χ3n) is 10.6. The number of esters is 1. The Bertz CT molecular complexity index is 711. The first-order chi connectivity index (χ1) is 15.2. The number of fused-ring (bicyclic) bond motifs is 5. The summed E-state index contributed by atoms with van der Waals surface area (Å²) in [6.45, 7) is 12.6. The number of allylic oxidation sites excluding steroid dienone is 1. The van der Waals surface area contributed by atoms with Crippen molar-refractivity contribution in [3.05, 3.63) is 11.6 Å². The highest BCUT2D eigenvalue weighted by Gasteiger charge is 2.59. The molecule has 4 rings (SSSR count). The molecule has 32 heavy (non-hydrogen) atoms. The molecule has 0 saturated heterocycles. The Morgan fingerprint density at radius 3 is 2.56 bits per heavy atom. The summed E-state index contributed by atoms with van der Waals surface area (Å²) in [6.07, 6.45) is 15.5. The minimum absolute atomic E-state index is 0.0417. The van der Waals surface area contributed by atoms with E-state index in [-0.39, 0.29) is 18.7 Å². The van der Waals surface area contributed by atoms with Crippen LogP contribution in [0.5, 0.6) is 0 Å². The van der Waals surface area contributed by atoms with Crippen LogP contribution in [0.2, 0.25) is 0 Å². The highest BCUT2D eigenvalue weighted by molar-refractivity contribution is 5.70. The van der Waals surface area contributed by atoms with Gasteiger partial charge in [-0.1, -0.05) is 59.1 Å². The number of hydrogen-bond donors (Lipinski definition) is 0. The van der Waals surface area contributed by atoms with Crippen molar-refractivity contribution in [1.82, 2.24) is 0 Å². The monoisotopic (exact) mass is 444 g/mol. The molecule has 0 amide bonds. The molecule has 0 aromatic rings. The molecule has 0 bridgehead atoms. The predicted octanol–water partition coefficient (Wildman–Crippen LogP) is 7.20. The van der Waals surface area contributed by atoms with Gasteiger partial charge in [0.25, 0.3) is 0 Å². The van der Waals surface area contributed by atoms with E-state index in [0.29, 0.717) is 10.8 Å². The maximum atomic E-state index is 11.9. The first kappa shape index (κ1) is 24.3. The largest absolute Gasteiger partial charge is 0.460 e. The second-order valence-electron chi connectivity index (χ2n) is 12.7. The van der Waals surface area contributed by atoms with Crippen molar-refractivity contribution in [3.63, 3.8) is 0 Å². The lowest BCUT2D eigenvalue weighted by Crippen LogP contribution is -2.51. The van der Waals surface area contributed by atoms with Crippen molar-refractivity contribution in [1.29, 1.82) is 0 Å². The van der Waals surface area contributed by atoms with Crippen LogP contribution in [0.1, 0.15) is 98.8 Å². The lowest BCUT2D eigenvalue weighted by Gasteiger charge is -2.58. The molecule has 3 heteroatoms. The summed E-state index contributed by atoms with van der Waals surface area (Å²) in [7, 11) is 1.55. The molecule has 182 valence electrons. The van der Waals surface area contributed by atoms with Gasteiger partial charge in [0.15, 0.2) is 0 Å². The first-order valence-corrected chi connectivity index (χ1v) is 13.6. The first-order valence-electron chi connectivity index (χ1n) is 13.6. The summed E-state index contributed by atoms with van der Waals surface area (Å²) < 4.78 is 10.7. The Morgan fingerprint density at radius 2 is 1.84 bits per heavy atom.